The zero-order chi connectivity index (χ0) is 12.1. The van der Waals surface area contributed by atoms with E-state index >= 15 is 0 Å². The van der Waals surface area contributed by atoms with Crippen molar-refractivity contribution in [2.45, 2.75) is 12.5 Å². The topological polar surface area (TPSA) is 74.2 Å². The third-order valence-corrected chi connectivity index (χ3v) is 2.42. The molecular formula is C12H15N3O2. The largest absolute Gasteiger partial charge is 0.385 e. The molecule has 0 fully saturated rings. The first-order valence-corrected chi connectivity index (χ1v) is 5.45. The molecule has 0 bridgehead atoms. The van der Waals surface area contributed by atoms with Gasteiger partial charge in [-0.05, 0) is 6.42 Å². The lowest BCUT2D eigenvalue weighted by Crippen LogP contribution is -2.12. The van der Waals surface area contributed by atoms with E-state index in [0.29, 0.717) is 24.7 Å². The molecule has 1 atom stereocenters. The van der Waals surface area contributed by atoms with E-state index in [1.54, 1.807) is 7.11 Å². The van der Waals surface area contributed by atoms with Crippen molar-refractivity contribution in [3.63, 3.8) is 0 Å². The van der Waals surface area contributed by atoms with Crippen molar-refractivity contribution in [1.29, 1.82) is 0 Å². The van der Waals surface area contributed by atoms with Crippen LogP contribution in [0, 0.1) is 0 Å². The van der Waals surface area contributed by atoms with Gasteiger partial charge in [-0.2, -0.15) is 4.98 Å². The molecule has 0 aliphatic carbocycles. The average Bonchev–Trinajstić information content (AvgIpc) is 2.86. The summed E-state index contributed by atoms with van der Waals surface area (Å²) in [6.07, 6.45) is 0.660. The minimum atomic E-state index is -0.278. The number of ether oxygens (including phenoxy) is 1. The molecular weight excluding hydrogens is 218 g/mol. The van der Waals surface area contributed by atoms with Crippen molar-refractivity contribution in [2.24, 2.45) is 5.73 Å². The van der Waals surface area contributed by atoms with Gasteiger partial charge < -0.3 is 15.0 Å². The van der Waals surface area contributed by atoms with Crippen LogP contribution in [0.1, 0.15) is 18.4 Å². The van der Waals surface area contributed by atoms with Gasteiger partial charge in [0.2, 0.25) is 11.7 Å². The molecule has 0 saturated carbocycles. The van der Waals surface area contributed by atoms with Gasteiger partial charge in [0.05, 0.1) is 6.04 Å². The molecule has 0 spiro atoms. The molecule has 90 valence electrons. The van der Waals surface area contributed by atoms with E-state index in [1.807, 2.05) is 30.3 Å². The number of aromatic nitrogens is 2. The van der Waals surface area contributed by atoms with Crippen LogP contribution in [0.2, 0.25) is 0 Å². The zero-order valence-electron chi connectivity index (χ0n) is 9.67. The Balaban J connectivity index is 2.11. The number of nitrogens with zero attached hydrogens (tertiary/aromatic N) is 2. The summed E-state index contributed by atoms with van der Waals surface area (Å²) in [6.45, 7) is 0.574. The van der Waals surface area contributed by atoms with Crippen molar-refractivity contribution in [3.8, 4) is 11.4 Å². The van der Waals surface area contributed by atoms with Gasteiger partial charge in [-0.15, -0.1) is 0 Å². The maximum atomic E-state index is 5.90. The molecule has 5 heteroatoms. The normalized spacial score (nSPS) is 12.6. The summed E-state index contributed by atoms with van der Waals surface area (Å²) >= 11 is 0. The Morgan fingerprint density at radius 1 is 1.35 bits per heavy atom. The highest BCUT2D eigenvalue weighted by atomic mass is 16.5. The van der Waals surface area contributed by atoms with E-state index in [1.165, 1.54) is 0 Å². The summed E-state index contributed by atoms with van der Waals surface area (Å²) in [5, 5.41) is 3.91. The van der Waals surface area contributed by atoms with Gasteiger partial charge in [0.15, 0.2) is 0 Å². The van der Waals surface area contributed by atoms with Crippen molar-refractivity contribution in [2.75, 3.05) is 13.7 Å². The Morgan fingerprint density at radius 2 is 2.12 bits per heavy atom. The molecule has 2 N–H and O–H groups in total. The molecule has 1 aromatic heterocycles. The molecule has 0 aliphatic heterocycles. The Kier molecular flexibility index (Phi) is 3.85. The number of methoxy groups -OCH3 is 1. The molecule has 17 heavy (non-hydrogen) atoms. The fourth-order valence-electron chi connectivity index (χ4n) is 1.46. The van der Waals surface area contributed by atoms with Crippen LogP contribution in [0.5, 0.6) is 0 Å². The molecule has 0 amide bonds. The van der Waals surface area contributed by atoms with Gasteiger partial charge in [-0.25, -0.2) is 0 Å². The Hall–Kier alpha value is -1.72. The van der Waals surface area contributed by atoms with Gasteiger partial charge in [0, 0.05) is 19.3 Å². The molecule has 0 saturated heterocycles. The molecule has 2 rings (SSSR count). The van der Waals surface area contributed by atoms with Crippen molar-refractivity contribution >= 4 is 0 Å². The predicted octanol–water partition coefficient (Wildman–Crippen LogP) is 1.77. The summed E-state index contributed by atoms with van der Waals surface area (Å²) in [6, 6.07) is 9.37. The number of rotatable bonds is 5. The first kappa shape index (κ1) is 11.8. The summed E-state index contributed by atoms with van der Waals surface area (Å²) in [5.74, 6) is 1.01. The summed E-state index contributed by atoms with van der Waals surface area (Å²) < 4.78 is 10.1. The van der Waals surface area contributed by atoms with E-state index in [9.17, 15) is 0 Å². The van der Waals surface area contributed by atoms with E-state index < -0.39 is 0 Å². The highest BCUT2D eigenvalue weighted by molar-refractivity contribution is 5.53. The lowest BCUT2D eigenvalue weighted by Gasteiger charge is -2.04. The molecule has 2 aromatic rings. The van der Waals surface area contributed by atoms with Crippen LogP contribution in [-0.2, 0) is 4.74 Å². The third kappa shape index (κ3) is 2.89. The highest BCUT2D eigenvalue weighted by Gasteiger charge is 2.15. The summed E-state index contributed by atoms with van der Waals surface area (Å²) in [7, 11) is 1.63. The van der Waals surface area contributed by atoms with Crippen LogP contribution in [0.15, 0.2) is 34.9 Å². The Morgan fingerprint density at radius 3 is 2.82 bits per heavy atom. The monoisotopic (exact) mass is 233 g/mol. The van der Waals surface area contributed by atoms with E-state index in [0.717, 1.165) is 5.56 Å². The first-order chi connectivity index (χ1) is 8.31. The Labute approximate surface area is 99.6 Å². The quantitative estimate of drug-likeness (QED) is 0.851. The second kappa shape index (κ2) is 5.56. The fraction of sp³-hybridized carbons (Fsp3) is 0.333. The Bertz CT molecular complexity index is 456. The standard InChI is InChI=1S/C12H15N3O2/c1-16-8-7-10(13)12-14-11(15-17-12)9-5-3-2-4-6-9/h2-6,10H,7-8,13H2,1H3. The summed E-state index contributed by atoms with van der Waals surface area (Å²) in [5.41, 5.74) is 6.81. The van der Waals surface area contributed by atoms with Crippen LogP contribution in [0.25, 0.3) is 11.4 Å². The van der Waals surface area contributed by atoms with Crippen molar-refractivity contribution < 1.29 is 9.26 Å². The third-order valence-electron chi connectivity index (χ3n) is 2.42. The molecule has 1 aromatic carbocycles. The number of benzene rings is 1. The van der Waals surface area contributed by atoms with Gasteiger partial charge >= 0.3 is 0 Å². The van der Waals surface area contributed by atoms with Crippen molar-refractivity contribution in [1.82, 2.24) is 10.1 Å². The van der Waals surface area contributed by atoms with Crippen LogP contribution in [0.4, 0.5) is 0 Å². The molecule has 1 unspecified atom stereocenters. The van der Waals surface area contributed by atoms with Gasteiger partial charge in [0.25, 0.3) is 0 Å². The minimum Gasteiger partial charge on any atom is -0.385 e. The molecule has 0 aliphatic rings. The number of nitrogens with two attached hydrogens (primary N) is 1. The van der Waals surface area contributed by atoms with Crippen LogP contribution < -0.4 is 5.73 Å². The smallest absolute Gasteiger partial charge is 0.243 e. The number of hydrogen-bond donors (Lipinski definition) is 1. The second-order valence-electron chi connectivity index (χ2n) is 3.71. The zero-order valence-corrected chi connectivity index (χ0v) is 9.67. The summed E-state index contributed by atoms with van der Waals surface area (Å²) in [4.78, 5) is 4.27. The van der Waals surface area contributed by atoms with Crippen LogP contribution >= 0.6 is 0 Å². The molecule has 5 nitrogen and oxygen atoms in total. The maximum Gasteiger partial charge on any atom is 0.243 e. The van der Waals surface area contributed by atoms with Gasteiger partial charge in [-0.3, -0.25) is 0 Å². The van der Waals surface area contributed by atoms with E-state index in [4.69, 9.17) is 15.0 Å². The highest BCUT2D eigenvalue weighted by Crippen LogP contribution is 2.18. The SMILES string of the molecule is COCCC(N)c1nc(-c2ccccc2)no1. The molecule has 1 heterocycles. The lowest BCUT2D eigenvalue weighted by atomic mass is 10.2. The van der Waals surface area contributed by atoms with Crippen LogP contribution in [0.3, 0.4) is 0 Å². The van der Waals surface area contributed by atoms with Crippen LogP contribution in [-0.4, -0.2) is 23.9 Å². The van der Waals surface area contributed by atoms with E-state index in [2.05, 4.69) is 10.1 Å². The fourth-order valence-corrected chi connectivity index (χ4v) is 1.46. The van der Waals surface area contributed by atoms with Gasteiger partial charge in [-0.1, -0.05) is 35.5 Å². The number of hydrogen-bond acceptors (Lipinski definition) is 5. The maximum absolute atomic E-state index is 5.90. The van der Waals surface area contributed by atoms with Crippen molar-refractivity contribution in [3.05, 3.63) is 36.2 Å². The van der Waals surface area contributed by atoms with E-state index in [-0.39, 0.29) is 6.04 Å². The minimum absolute atomic E-state index is 0.278. The lowest BCUT2D eigenvalue weighted by molar-refractivity contribution is 0.182. The average molecular weight is 233 g/mol. The predicted molar refractivity (Wildman–Crippen MR) is 63.2 cm³/mol. The first-order valence-electron chi connectivity index (χ1n) is 5.45. The second-order valence-corrected chi connectivity index (χ2v) is 3.71. The van der Waals surface area contributed by atoms with Gasteiger partial charge in [0.1, 0.15) is 0 Å². The molecule has 0 radical (unpaired) electrons.